The van der Waals surface area contributed by atoms with Gasteiger partial charge in [-0.1, -0.05) is 40.3 Å². The summed E-state index contributed by atoms with van der Waals surface area (Å²) < 4.78 is 13.9. The van der Waals surface area contributed by atoms with Gasteiger partial charge in [0.05, 0.1) is 36.9 Å². The lowest BCUT2D eigenvalue weighted by Gasteiger charge is -2.37. The van der Waals surface area contributed by atoms with Crippen LogP contribution in [0.3, 0.4) is 0 Å². The highest BCUT2D eigenvalue weighted by Gasteiger charge is 2.40. The second-order valence-electron chi connectivity index (χ2n) is 18.2. The van der Waals surface area contributed by atoms with Crippen molar-refractivity contribution < 1.29 is 38.2 Å². The largest absolute Gasteiger partial charge is 0.464 e. The number of hydrazine groups is 1. The summed E-state index contributed by atoms with van der Waals surface area (Å²) in [5.74, 6) is -3.26. The molecule has 1 aromatic carbocycles. The highest BCUT2D eigenvalue weighted by atomic mass is 16.5. The molecule has 0 aliphatic carbocycles. The van der Waals surface area contributed by atoms with Crippen LogP contribution in [0.4, 0.5) is 0 Å². The normalized spacial score (nSPS) is 21.6. The number of aromatic nitrogens is 2. The Kier molecular flexibility index (Phi) is 14.8. The van der Waals surface area contributed by atoms with E-state index in [4.69, 9.17) is 9.47 Å². The number of ether oxygens (including phenoxy) is 2. The van der Waals surface area contributed by atoms with E-state index in [2.05, 4.69) is 47.6 Å². The first-order valence-electron chi connectivity index (χ1n) is 22.0. The van der Waals surface area contributed by atoms with E-state index in [0.717, 1.165) is 39.0 Å². The van der Waals surface area contributed by atoms with E-state index in [1.165, 1.54) is 20.9 Å². The zero-order valence-electron chi connectivity index (χ0n) is 38.1. The van der Waals surface area contributed by atoms with Gasteiger partial charge in [0.25, 0.3) is 5.91 Å². The van der Waals surface area contributed by atoms with Crippen molar-refractivity contribution in [2.75, 3.05) is 54.0 Å². The molecule has 16 nitrogen and oxygen atoms in total. The molecule has 340 valence electrons. The number of rotatable bonds is 10. The van der Waals surface area contributed by atoms with Crippen LogP contribution in [-0.4, -0.2) is 137 Å². The van der Waals surface area contributed by atoms with Gasteiger partial charge in [0.2, 0.25) is 23.6 Å². The number of nitrogens with zero attached hydrogens (tertiary/aromatic N) is 6. The number of hydrogen-bond donors (Lipinski definition) is 2. The standard InChI is InChI=1S/C47H64N8O8/c1-10-39(56)53-21-18-31(25-53)44(59)52(8)41(29(3)4)43(58)49-36-26-51(7)40(57)23-30-16-17-38-33(22-30)34(42(54(38)11-2)32-14-12-19-48-37(32)27-62-9)24-47(5,6)28-63-46(61)35-15-13-20-55(50-35)45(36)60/h10,12,14,16-17,19,22,29,31,35-36,41,50H,1,11,13,15,18,20-21,23-28H2,2-9H3,(H,49,58)/t31-,35-,36-,41?/m0/s1. The molecule has 2 N–H and O–H groups in total. The number of likely N-dealkylation sites (tertiary alicyclic amines) is 1. The molecule has 6 rings (SSSR count). The van der Waals surface area contributed by atoms with Gasteiger partial charge in [-0.15, -0.1) is 0 Å². The Balaban J connectivity index is 1.35. The molecule has 5 heterocycles. The van der Waals surface area contributed by atoms with Gasteiger partial charge in [-0.25, -0.2) is 5.43 Å². The minimum Gasteiger partial charge on any atom is -0.464 e. The molecule has 0 radical (unpaired) electrons. The molecule has 2 fully saturated rings. The maximum absolute atomic E-state index is 14.5. The molecule has 2 saturated heterocycles. The number of cyclic esters (lactones) is 1. The van der Waals surface area contributed by atoms with Crippen LogP contribution in [0.25, 0.3) is 22.2 Å². The molecule has 0 saturated carbocycles. The van der Waals surface area contributed by atoms with Gasteiger partial charge in [0.1, 0.15) is 18.1 Å². The number of benzene rings is 1. The Bertz CT molecular complexity index is 2230. The molecule has 63 heavy (non-hydrogen) atoms. The third-order valence-corrected chi connectivity index (χ3v) is 12.5. The first-order chi connectivity index (χ1) is 30.0. The summed E-state index contributed by atoms with van der Waals surface area (Å²) >= 11 is 0. The Morgan fingerprint density at radius 2 is 1.89 bits per heavy atom. The highest BCUT2D eigenvalue weighted by Crippen LogP contribution is 2.40. The monoisotopic (exact) mass is 868 g/mol. The van der Waals surface area contributed by atoms with Crippen LogP contribution in [0, 0.1) is 17.3 Å². The molecule has 3 aliphatic rings. The van der Waals surface area contributed by atoms with Crippen molar-refractivity contribution >= 4 is 46.4 Å². The molecule has 1 unspecified atom stereocenters. The Morgan fingerprint density at radius 3 is 2.59 bits per heavy atom. The molecule has 16 heteroatoms. The molecule has 2 aromatic heterocycles. The number of aryl methyl sites for hydroxylation is 1. The quantitative estimate of drug-likeness (QED) is 0.227. The average Bonchev–Trinajstić information content (AvgIpc) is 3.87. The number of nitrogens with one attached hydrogen (secondary N) is 2. The zero-order chi connectivity index (χ0) is 45.7. The smallest absolute Gasteiger partial charge is 0.324 e. The van der Waals surface area contributed by atoms with Gasteiger partial charge in [-0.2, -0.15) is 0 Å². The summed E-state index contributed by atoms with van der Waals surface area (Å²) in [6, 6.07) is 6.94. The lowest BCUT2D eigenvalue weighted by molar-refractivity contribution is -0.155. The third kappa shape index (κ3) is 10.3. The van der Waals surface area contributed by atoms with Crippen molar-refractivity contribution in [1.29, 1.82) is 0 Å². The van der Waals surface area contributed by atoms with Gasteiger partial charge in [-0.05, 0) is 80.0 Å². The van der Waals surface area contributed by atoms with Crippen LogP contribution < -0.4 is 10.7 Å². The fourth-order valence-corrected chi connectivity index (χ4v) is 9.27. The molecule has 3 aliphatic heterocycles. The number of carbonyl (C=O) groups excluding carboxylic acids is 6. The first-order valence-corrected chi connectivity index (χ1v) is 22.0. The summed E-state index contributed by atoms with van der Waals surface area (Å²) in [6.45, 7) is 15.2. The lowest BCUT2D eigenvalue weighted by atomic mass is 9.84. The number of hydrogen-bond acceptors (Lipinski definition) is 10. The second-order valence-corrected chi connectivity index (χ2v) is 18.2. The van der Waals surface area contributed by atoms with Crippen LogP contribution in [0.2, 0.25) is 0 Å². The first kappa shape index (κ1) is 46.9. The number of likely N-dealkylation sites (N-methyl/N-ethyl adjacent to an activating group) is 2. The van der Waals surface area contributed by atoms with Crippen LogP contribution in [-0.2, 0) is 64.2 Å². The Morgan fingerprint density at radius 1 is 1.13 bits per heavy atom. The fraction of sp³-hybridized carbons (Fsp3) is 0.553. The number of pyridine rings is 1. The van der Waals surface area contributed by atoms with Crippen LogP contribution in [0.5, 0.6) is 0 Å². The Labute approximate surface area is 370 Å². The van der Waals surface area contributed by atoms with Gasteiger partial charge >= 0.3 is 5.97 Å². The molecule has 5 amide bonds. The number of carbonyl (C=O) groups is 6. The van der Waals surface area contributed by atoms with Crippen molar-refractivity contribution in [2.45, 2.75) is 98.0 Å². The van der Waals surface area contributed by atoms with Gasteiger partial charge < -0.3 is 34.1 Å². The Hall–Kier alpha value is -5.61. The zero-order valence-corrected chi connectivity index (χ0v) is 38.1. The molecule has 3 aromatic rings. The molecule has 0 spiro atoms. The minimum atomic E-state index is -1.24. The topological polar surface area (TPSA) is 176 Å². The number of fused-ring (bicyclic) bond motifs is 3. The number of esters is 1. The van der Waals surface area contributed by atoms with Crippen LogP contribution >= 0.6 is 0 Å². The summed E-state index contributed by atoms with van der Waals surface area (Å²) in [5.41, 5.74) is 8.03. The van der Waals surface area contributed by atoms with E-state index < -0.39 is 47.2 Å². The van der Waals surface area contributed by atoms with Crippen LogP contribution in [0.1, 0.15) is 70.7 Å². The summed E-state index contributed by atoms with van der Waals surface area (Å²) in [6.07, 6.45) is 4.90. The van der Waals surface area contributed by atoms with Crippen LogP contribution in [0.15, 0.2) is 49.2 Å². The van der Waals surface area contributed by atoms with E-state index in [1.54, 1.807) is 32.3 Å². The van der Waals surface area contributed by atoms with Gasteiger partial charge in [0, 0.05) is 82.0 Å². The van der Waals surface area contributed by atoms with E-state index in [0.29, 0.717) is 45.4 Å². The molecular formula is C47H64N8O8. The third-order valence-electron chi connectivity index (χ3n) is 12.5. The van der Waals surface area contributed by atoms with Gasteiger partial charge in [0.15, 0.2) is 0 Å². The highest BCUT2D eigenvalue weighted by molar-refractivity contribution is 5.95. The summed E-state index contributed by atoms with van der Waals surface area (Å²) in [4.78, 5) is 91.9. The lowest BCUT2D eigenvalue weighted by Crippen LogP contribution is -2.63. The van der Waals surface area contributed by atoms with Crippen molar-refractivity contribution in [2.24, 2.45) is 17.3 Å². The van der Waals surface area contributed by atoms with Crippen molar-refractivity contribution in [3.05, 3.63) is 66.0 Å². The van der Waals surface area contributed by atoms with E-state index in [1.807, 2.05) is 44.2 Å². The SMILES string of the molecule is C=CC(=O)N1CC[C@H](C(=O)N(C)C(C(=O)N[C@H]2CN(C)C(=O)Cc3ccc4c(c3)c(c(-c3cccnc3COC)n4CC)CC(C)(C)COC(=O)[C@@H]3CCCN(N3)C2=O)C(C)C)C1. The maximum atomic E-state index is 14.5. The van der Waals surface area contributed by atoms with E-state index in [9.17, 15) is 28.8 Å². The molecule has 4 bridgehead atoms. The van der Waals surface area contributed by atoms with E-state index >= 15 is 0 Å². The van der Waals surface area contributed by atoms with Crippen molar-refractivity contribution in [3.63, 3.8) is 0 Å². The maximum Gasteiger partial charge on any atom is 0.324 e. The summed E-state index contributed by atoms with van der Waals surface area (Å²) in [5, 5.41) is 5.21. The fourth-order valence-electron chi connectivity index (χ4n) is 9.27. The summed E-state index contributed by atoms with van der Waals surface area (Å²) in [7, 11) is 4.80. The van der Waals surface area contributed by atoms with Crippen molar-refractivity contribution in [3.8, 4) is 11.3 Å². The predicted octanol–water partition coefficient (Wildman–Crippen LogP) is 3.49. The van der Waals surface area contributed by atoms with Crippen molar-refractivity contribution in [1.82, 2.24) is 40.0 Å². The minimum absolute atomic E-state index is 0.0266. The number of methoxy groups -OCH3 is 1. The molecular weight excluding hydrogens is 805 g/mol. The number of amides is 5. The predicted molar refractivity (Wildman–Crippen MR) is 237 cm³/mol. The second kappa shape index (κ2) is 19.8. The van der Waals surface area contributed by atoms with E-state index in [-0.39, 0.29) is 56.3 Å². The molecule has 4 atom stereocenters. The van der Waals surface area contributed by atoms with Gasteiger partial charge in [-0.3, -0.25) is 38.8 Å². The average molecular weight is 869 g/mol.